The molecule has 0 radical (unpaired) electrons. The third kappa shape index (κ3) is 3.82. The van der Waals surface area contributed by atoms with Crippen LogP contribution in [-0.4, -0.2) is 11.1 Å². The normalized spacial score (nSPS) is 10.9. The van der Waals surface area contributed by atoms with Gasteiger partial charge in [-0.15, -0.1) is 0 Å². The lowest BCUT2D eigenvalue weighted by Crippen LogP contribution is -2.18. The highest BCUT2D eigenvalue weighted by molar-refractivity contribution is 5.85. The molecule has 1 amide bonds. The van der Waals surface area contributed by atoms with Gasteiger partial charge in [-0.3, -0.25) is 5.32 Å². The van der Waals surface area contributed by atoms with Gasteiger partial charge in [-0.2, -0.15) is 0 Å². The molecule has 0 bridgehead atoms. The van der Waals surface area contributed by atoms with E-state index in [1.807, 2.05) is 18.2 Å². The Bertz CT molecular complexity index is 589. The molecule has 2 aromatic rings. The summed E-state index contributed by atoms with van der Waals surface area (Å²) in [7, 11) is 0. The third-order valence-corrected chi connectivity index (χ3v) is 2.81. The molecule has 20 heavy (non-hydrogen) atoms. The van der Waals surface area contributed by atoms with Crippen LogP contribution in [0.15, 0.2) is 48.7 Å². The Morgan fingerprint density at radius 2 is 1.85 bits per heavy atom. The number of benzene rings is 1. The Kier molecular flexibility index (Phi) is 4.03. The fourth-order valence-electron chi connectivity index (χ4n) is 1.69. The van der Waals surface area contributed by atoms with Crippen LogP contribution >= 0.6 is 0 Å². The van der Waals surface area contributed by atoms with Gasteiger partial charge in [0.05, 0.1) is 0 Å². The number of nitrogens with one attached hydrogen (secondary N) is 1. The van der Waals surface area contributed by atoms with Gasteiger partial charge in [0.25, 0.3) is 0 Å². The second-order valence-corrected chi connectivity index (χ2v) is 5.51. The molecule has 0 saturated heterocycles. The van der Waals surface area contributed by atoms with E-state index in [1.165, 1.54) is 0 Å². The Morgan fingerprint density at radius 1 is 1.15 bits per heavy atom. The van der Waals surface area contributed by atoms with Gasteiger partial charge in [0.2, 0.25) is 0 Å². The largest absolute Gasteiger partial charge is 0.418 e. The average Bonchev–Trinajstić information content (AvgIpc) is 2.39. The van der Waals surface area contributed by atoms with Crippen molar-refractivity contribution in [1.82, 2.24) is 4.98 Å². The summed E-state index contributed by atoms with van der Waals surface area (Å²) >= 11 is 0. The lowest BCUT2D eigenvalue weighted by molar-refractivity contribution is 0.215. The van der Waals surface area contributed by atoms with E-state index in [1.54, 1.807) is 30.5 Å². The maximum absolute atomic E-state index is 11.8. The maximum atomic E-state index is 11.8. The number of nitrogens with zero attached hydrogens (tertiary/aromatic N) is 1. The molecule has 0 spiro atoms. The molecule has 0 atom stereocenters. The first-order valence-corrected chi connectivity index (χ1v) is 6.45. The lowest BCUT2D eigenvalue weighted by Gasteiger charge is -2.19. The number of ether oxygens (including phenoxy) is 1. The van der Waals surface area contributed by atoms with Gasteiger partial charge in [0.1, 0.15) is 11.6 Å². The van der Waals surface area contributed by atoms with Crippen molar-refractivity contribution in [3.63, 3.8) is 0 Å². The summed E-state index contributed by atoms with van der Waals surface area (Å²) in [5.74, 6) is 0.982. The predicted molar refractivity (Wildman–Crippen MR) is 79.0 cm³/mol. The number of pyridine rings is 1. The van der Waals surface area contributed by atoms with Crippen LogP contribution in [0.4, 0.5) is 10.6 Å². The lowest BCUT2D eigenvalue weighted by atomic mass is 9.88. The van der Waals surface area contributed by atoms with E-state index >= 15 is 0 Å². The second kappa shape index (κ2) is 5.74. The van der Waals surface area contributed by atoms with Crippen LogP contribution in [0.3, 0.4) is 0 Å². The van der Waals surface area contributed by atoms with Gasteiger partial charge in [0.15, 0.2) is 0 Å². The van der Waals surface area contributed by atoms with Crippen LogP contribution in [0, 0.1) is 0 Å². The van der Waals surface area contributed by atoms with Crippen molar-refractivity contribution >= 4 is 11.9 Å². The van der Waals surface area contributed by atoms with Gasteiger partial charge in [-0.05, 0) is 35.2 Å². The summed E-state index contributed by atoms with van der Waals surface area (Å²) in [5.41, 5.74) is 1.10. The molecule has 104 valence electrons. The zero-order valence-corrected chi connectivity index (χ0v) is 11.9. The topological polar surface area (TPSA) is 51.2 Å². The van der Waals surface area contributed by atoms with Crippen molar-refractivity contribution in [2.45, 2.75) is 26.2 Å². The summed E-state index contributed by atoms with van der Waals surface area (Å²) < 4.78 is 5.15. The van der Waals surface area contributed by atoms with E-state index in [0.29, 0.717) is 11.6 Å². The van der Waals surface area contributed by atoms with Crippen molar-refractivity contribution in [3.8, 4) is 5.75 Å². The predicted octanol–water partition coefficient (Wildman–Crippen LogP) is 3.99. The third-order valence-electron chi connectivity index (χ3n) is 2.81. The fraction of sp³-hybridized carbons (Fsp3) is 0.250. The minimum Gasteiger partial charge on any atom is -0.410 e. The van der Waals surface area contributed by atoms with E-state index in [-0.39, 0.29) is 5.41 Å². The van der Waals surface area contributed by atoms with E-state index < -0.39 is 6.09 Å². The monoisotopic (exact) mass is 270 g/mol. The van der Waals surface area contributed by atoms with Gasteiger partial charge in [-0.1, -0.05) is 39.0 Å². The molecule has 1 heterocycles. The Labute approximate surface area is 118 Å². The maximum Gasteiger partial charge on any atom is 0.418 e. The fourth-order valence-corrected chi connectivity index (χ4v) is 1.69. The summed E-state index contributed by atoms with van der Waals surface area (Å²) in [5, 5.41) is 2.63. The summed E-state index contributed by atoms with van der Waals surface area (Å²) in [6, 6.07) is 12.7. The first-order chi connectivity index (χ1) is 9.45. The molecule has 4 nitrogen and oxygen atoms in total. The molecule has 1 aromatic carbocycles. The van der Waals surface area contributed by atoms with Crippen LogP contribution in [-0.2, 0) is 5.41 Å². The number of para-hydroxylation sites is 1. The molecule has 0 aliphatic rings. The molecule has 0 fully saturated rings. The molecule has 1 N–H and O–H groups in total. The van der Waals surface area contributed by atoms with Gasteiger partial charge < -0.3 is 4.74 Å². The van der Waals surface area contributed by atoms with Crippen molar-refractivity contribution in [2.75, 3.05) is 5.32 Å². The number of hydrogen-bond acceptors (Lipinski definition) is 3. The standard InChI is InChI=1S/C16H18N2O2/c1-16(2,3)12-9-10-17-14(11-12)18-15(19)20-13-7-5-4-6-8-13/h4-11H,1-3H3,(H,17,18,19). The first-order valence-electron chi connectivity index (χ1n) is 6.45. The summed E-state index contributed by atoms with van der Waals surface area (Å²) in [6.07, 6.45) is 1.13. The first kappa shape index (κ1) is 14.1. The number of aromatic nitrogens is 1. The van der Waals surface area contributed by atoms with E-state index in [9.17, 15) is 4.79 Å². The quantitative estimate of drug-likeness (QED) is 0.897. The summed E-state index contributed by atoms with van der Waals surface area (Å²) in [4.78, 5) is 15.9. The van der Waals surface area contributed by atoms with E-state index in [2.05, 4.69) is 31.1 Å². The van der Waals surface area contributed by atoms with Crippen LogP contribution in [0.25, 0.3) is 0 Å². The molecule has 0 unspecified atom stereocenters. The van der Waals surface area contributed by atoms with E-state index in [4.69, 9.17) is 4.74 Å². The smallest absolute Gasteiger partial charge is 0.410 e. The minimum atomic E-state index is -0.547. The van der Waals surface area contributed by atoms with Crippen molar-refractivity contribution in [2.24, 2.45) is 0 Å². The van der Waals surface area contributed by atoms with Crippen LogP contribution in [0.1, 0.15) is 26.3 Å². The van der Waals surface area contributed by atoms with Crippen molar-refractivity contribution in [3.05, 3.63) is 54.2 Å². The molecule has 4 heteroatoms. The molecule has 0 aliphatic carbocycles. The molecular formula is C16H18N2O2. The highest BCUT2D eigenvalue weighted by Crippen LogP contribution is 2.23. The number of hydrogen-bond donors (Lipinski definition) is 1. The van der Waals surface area contributed by atoms with E-state index in [0.717, 1.165) is 5.56 Å². The number of carbonyl (C=O) groups is 1. The van der Waals surface area contributed by atoms with Gasteiger partial charge in [0, 0.05) is 6.20 Å². The molecule has 0 saturated carbocycles. The molecule has 2 rings (SSSR count). The summed E-state index contributed by atoms with van der Waals surface area (Å²) in [6.45, 7) is 6.32. The van der Waals surface area contributed by atoms with Crippen molar-refractivity contribution in [1.29, 1.82) is 0 Å². The Balaban J connectivity index is 2.05. The minimum absolute atomic E-state index is 0.00268. The zero-order valence-electron chi connectivity index (χ0n) is 11.9. The Hall–Kier alpha value is -2.36. The molecule has 0 aliphatic heterocycles. The van der Waals surface area contributed by atoms with Crippen molar-refractivity contribution < 1.29 is 9.53 Å². The Morgan fingerprint density at radius 3 is 2.50 bits per heavy atom. The molecular weight excluding hydrogens is 252 g/mol. The van der Waals surface area contributed by atoms with Gasteiger partial charge >= 0.3 is 6.09 Å². The zero-order chi connectivity index (χ0) is 14.6. The SMILES string of the molecule is CC(C)(C)c1ccnc(NC(=O)Oc2ccccc2)c1. The van der Waals surface area contributed by atoms with Crippen LogP contribution < -0.4 is 10.1 Å². The highest BCUT2D eigenvalue weighted by Gasteiger charge is 2.15. The van der Waals surface area contributed by atoms with Gasteiger partial charge in [-0.25, -0.2) is 9.78 Å². The van der Waals surface area contributed by atoms with Crippen LogP contribution in [0.5, 0.6) is 5.75 Å². The number of amides is 1. The number of rotatable bonds is 2. The average molecular weight is 270 g/mol. The molecule has 1 aromatic heterocycles. The second-order valence-electron chi connectivity index (χ2n) is 5.51. The number of anilines is 1. The van der Waals surface area contributed by atoms with Crippen LogP contribution in [0.2, 0.25) is 0 Å². The number of carbonyl (C=O) groups excluding carboxylic acids is 1. The highest BCUT2D eigenvalue weighted by atomic mass is 16.6.